The molecule has 2 aliphatic rings. The maximum Gasteiger partial charge on any atom is 0.264 e. The number of anilines is 1. The summed E-state index contributed by atoms with van der Waals surface area (Å²) in [5.41, 5.74) is 3.72. The van der Waals surface area contributed by atoms with Crippen molar-refractivity contribution in [3.05, 3.63) is 78.4 Å². The molecule has 3 aromatic rings. The lowest BCUT2D eigenvalue weighted by molar-refractivity contribution is 0.122. The first-order chi connectivity index (χ1) is 14.5. The summed E-state index contributed by atoms with van der Waals surface area (Å²) in [5.74, 6) is 0.647. The van der Waals surface area contributed by atoms with Gasteiger partial charge >= 0.3 is 0 Å². The summed E-state index contributed by atoms with van der Waals surface area (Å²) in [6, 6.07) is 22.9. The van der Waals surface area contributed by atoms with Crippen LogP contribution in [0.25, 0.3) is 11.1 Å². The average Bonchev–Trinajstić information content (AvgIpc) is 2.78. The average molecular weight is 420 g/mol. The number of hydrogen-bond donors (Lipinski definition) is 0. The van der Waals surface area contributed by atoms with Crippen molar-refractivity contribution in [2.75, 3.05) is 4.31 Å². The number of fused-ring (bicyclic) bond motifs is 2. The van der Waals surface area contributed by atoms with Gasteiger partial charge in [-0.25, -0.2) is 8.42 Å². The SMILES string of the molecule is Cc1ccc(S(=O)(=O)N2c3cc(-c4ccccc4)ccc3OC3CCCCC32)cc1. The lowest BCUT2D eigenvalue weighted by Gasteiger charge is -2.44. The van der Waals surface area contributed by atoms with Crippen molar-refractivity contribution in [1.82, 2.24) is 0 Å². The smallest absolute Gasteiger partial charge is 0.264 e. The Balaban J connectivity index is 1.67. The van der Waals surface area contributed by atoms with Crippen molar-refractivity contribution < 1.29 is 13.2 Å². The molecule has 30 heavy (non-hydrogen) atoms. The van der Waals surface area contributed by atoms with Gasteiger partial charge in [0.15, 0.2) is 0 Å². The first-order valence-electron chi connectivity index (χ1n) is 10.5. The van der Waals surface area contributed by atoms with Gasteiger partial charge in [-0.3, -0.25) is 4.31 Å². The van der Waals surface area contributed by atoms with E-state index in [4.69, 9.17) is 4.74 Å². The van der Waals surface area contributed by atoms with Crippen LogP contribution >= 0.6 is 0 Å². The van der Waals surface area contributed by atoms with Crippen LogP contribution in [0.3, 0.4) is 0 Å². The summed E-state index contributed by atoms with van der Waals surface area (Å²) in [6.45, 7) is 1.96. The molecule has 5 heteroatoms. The summed E-state index contributed by atoms with van der Waals surface area (Å²) in [4.78, 5) is 0.329. The Hall–Kier alpha value is -2.79. The van der Waals surface area contributed by atoms with Crippen LogP contribution in [0.4, 0.5) is 5.69 Å². The molecule has 0 amide bonds. The van der Waals surface area contributed by atoms with Crippen LogP contribution in [-0.2, 0) is 10.0 Å². The fraction of sp³-hybridized carbons (Fsp3) is 0.280. The van der Waals surface area contributed by atoms with Crippen LogP contribution in [0.1, 0.15) is 31.2 Å². The molecule has 1 heterocycles. The minimum absolute atomic E-state index is 0.103. The molecule has 3 aromatic carbocycles. The molecule has 0 saturated heterocycles. The monoisotopic (exact) mass is 419 g/mol. The van der Waals surface area contributed by atoms with E-state index < -0.39 is 10.0 Å². The normalized spacial score (nSPS) is 20.8. The highest BCUT2D eigenvalue weighted by atomic mass is 32.2. The Morgan fingerprint density at radius 1 is 0.867 bits per heavy atom. The maximum atomic E-state index is 13.8. The Morgan fingerprint density at radius 3 is 2.37 bits per heavy atom. The molecule has 0 spiro atoms. The van der Waals surface area contributed by atoms with E-state index in [0.717, 1.165) is 42.4 Å². The van der Waals surface area contributed by atoms with Gasteiger partial charge in [0.25, 0.3) is 10.0 Å². The standard InChI is InChI=1S/C25H25NO3S/c1-18-11-14-21(15-12-18)30(27,28)26-22-9-5-6-10-24(22)29-25-16-13-20(17-23(25)26)19-7-3-2-4-8-19/h2-4,7-8,11-17,22,24H,5-6,9-10H2,1H3. The van der Waals surface area contributed by atoms with Gasteiger partial charge in [-0.05, 0) is 61.6 Å². The maximum absolute atomic E-state index is 13.8. The second kappa shape index (κ2) is 7.47. The van der Waals surface area contributed by atoms with Gasteiger partial charge in [0.1, 0.15) is 11.9 Å². The molecule has 0 bridgehead atoms. The molecule has 1 fully saturated rings. The quantitative estimate of drug-likeness (QED) is 0.558. The van der Waals surface area contributed by atoms with Crippen molar-refractivity contribution in [2.24, 2.45) is 0 Å². The minimum Gasteiger partial charge on any atom is -0.486 e. The van der Waals surface area contributed by atoms with Gasteiger partial charge < -0.3 is 4.74 Å². The van der Waals surface area contributed by atoms with E-state index >= 15 is 0 Å². The van der Waals surface area contributed by atoms with Gasteiger partial charge in [-0.15, -0.1) is 0 Å². The molecule has 5 rings (SSSR count). The van der Waals surface area contributed by atoms with Crippen LogP contribution in [0.2, 0.25) is 0 Å². The summed E-state index contributed by atoms with van der Waals surface area (Å²) < 4.78 is 35.6. The largest absolute Gasteiger partial charge is 0.486 e. The minimum atomic E-state index is -3.71. The second-order valence-electron chi connectivity index (χ2n) is 8.17. The van der Waals surface area contributed by atoms with Crippen molar-refractivity contribution in [3.8, 4) is 16.9 Å². The molecule has 2 unspecified atom stereocenters. The van der Waals surface area contributed by atoms with E-state index in [0.29, 0.717) is 16.3 Å². The van der Waals surface area contributed by atoms with E-state index in [9.17, 15) is 8.42 Å². The van der Waals surface area contributed by atoms with E-state index in [1.165, 1.54) is 0 Å². The Bertz CT molecular complexity index is 1160. The fourth-order valence-electron chi connectivity index (χ4n) is 4.56. The highest BCUT2D eigenvalue weighted by Gasteiger charge is 2.43. The Labute approximate surface area is 178 Å². The predicted molar refractivity (Wildman–Crippen MR) is 119 cm³/mol. The highest BCUT2D eigenvalue weighted by molar-refractivity contribution is 7.92. The van der Waals surface area contributed by atoms with Crippen LogP contribution < -0.4 is 9.04 Å². The van der Waals surface area contributed by atoms with E-state index in [2.05, 4.69) is 0 Å². The molecule has 1 aliphatic carbocycles. The number of aryl methyl sites for hydroxylation is 1. The molecular formula is C25H25NO3S. The molecule has 0 radical (unpaired) electrons. The molecule has 1 aliphatic heterocycles. The molecule has 0 N–H and O–H groups in total. The first kappa shape index (κ1) is 19.2. The number of sulfonamides is 1. The molecule has 4 nitrogen and oxygen atoms in total. The topological polar surface area (TPSA) is 46.6 Å². The molecule has 2 atom stereocenters. The first-order valence-corrected chi connectivity index (χ1v) is 12.0. The number of hydrogen-bond acceptors (Lipinski definition) is 3. The summed E-state index contributed by atoms with van der Waals surface area (Å²) in [7, 11) is -3.71. The molecule has 0 aromatic heterocycles. The van der Waals surface area contributed by atoms with Crippen molar-refractivity contribution in [3.63, 3.8) is 0 Å². The van der Waals surface area contributed by atoms with Gasteiger partial charge in [-0.1, -0.05) is 60.5 Å². The second-order valence-corrected chi connectivity index (χ2v) is 9.99. The number of nitrogens with zero attached hydrogens (tertiary/aromatic N) is 1. The summed E-state index contributed by atoms with van der Waals surface area (Å²) in [6.07, 6.45) is 3.67. The zero-order valence-electron chi connectivity index (χ0n) is 17.0. The van der Waals surface area contributed by atoms with E-state index in [1.54, 1.807) is 16.4 Å². The van der Waals surface area contributed by atoms with E-state index in [1.807, 2.05) is 67.6 Å². The zero-order valence-corrected chi connectivity index (χ0v) is 17.8. The van der Waals surface area contributed by atoms with Crippen LogP contribution in [0.5, 0.6) is 5.75 Å². The van der Waals surface area contributed by atoms with Crippen LogP contribution in [-0.4, -0.2) is 20.6 Å². The third-order valence-corrected chi connectivity index (χ3v) is 7.98. The van der Waals surface area contributed by atoms with Gasteiger partial charge in [0.05, 0.1) is 16.6 Å². The molecular weight excluding hydrogens is 394 g/mol. The third-order valence-electron chi connectivity index (χ3n) is 6.13. The van der Waals surface area contributed by atoms with Gasteiger partial charge in [0, 0.05) is 0 Å². The number of rotatable bonds is 3. The van der Waals surface area contributed by atoms with Crippen LogP contribution in [0, 0.1) is 6.92 Å². The predicted octanol–water partition coefficient (Wildman–Crippen LogP) is 5.56. The van der Waals surface area contributed by atoms with Crippen LogP contribution in [0.15, 0.2) is 77.7 Å². The zero-order chi connectivity index (χ0) is 20.7. The Kier molecular flexibility index (Phi) is 4.78. The van der Waals surface area contributed by atoms with Crippen molar-refractivity contribution >= 4 is 15.7 Å². The third kappa shape index (κ3) is 3.27. The Morgan fingerprint density at radius 2 is 1.60 bits per heavy atom. The number of ether oxygens (including phenoxy) is 1. The fourth-order valence-corrected chi connectivity index (χ4v) is 6.26. The molecule has 154 valence electrons. The molecule has 1 saturated carbocycles. The van der Waals surface area contributed by atoms with Crippen molar-refractivity contribution in [1.29, 1.82) is 0 Å². The summed E-state index contributed by atoms with van der Waals surface area (Å²) >= 11 is 0. The summed E-state index contributed by atoms with van der Waals surface area (Å²) in [5, 5.41) is 0. The van der Waals surface area contributed by atoms with Crippen molar-refractivity contribution in [2.45, 2.75) is 49.6 Å². The highest BCUT2D eigenvalue weighted by Crippen LogP contribution is 2.45. The number of benzene rings is 3. The lowest BCUT2D eigenvalue weighted by atomic mass is 9.90. The van der Waals surface area contributed by atoms with E-state index in [-0.39, 0.29) is 12.1 Å². The van der Waals surface area contributed by atoms with Gasteiger partial charge in [0.2, 0.25) is 0 Å². The van der Waals surface area contributed by atoms with Gasteiger partial charge in [-0.2, -0.15) is 0 Å². The lowest BCUT2D eigenvalue weighted by Crippen LogP contribution is -2.53.